The average Bonchev–Trinajstić information content (AvgIpc) is 2.69. The molecule has 0 aromatic rings. The summed E-state index contributed by atoms with van der Waals surface area (Å²) in [6.45, 7) is 16.0. The molecule has 0 radical (unpaired) electrons. The maximum atomic E-state index is 9.07. The number of aliphatic hydroxyl groups is 1. The van der Waals surface area contributed by atoms with E-state index >= 15 is 0 Å². The Hall–Kier alpha value is -0.160. The summed E-state index contributed by atoms with van der Waals surface area (Å²) >= 11 is 0. The Morgan fingerprint density at radius 2 is 1.65 bits per heavy atom. The van der Waals surface area contributed by atoms with Crippen LogP contribution >= 0.6 is 0 Å². The van der Waals surface area contributed by atoms with E-state index in [0.29, 0.717) is 5.41 Å². The number of hydrogen-bond acceptors (Lipinski definition) is 4. The summed E-state index contributed by atoms with van der Waals surface area (Å²) in [7, 11) is 0. The monoisotopic (exact) mass is 285 g/mol. The highest BCUT2D eigenvalue weighted by Gasteiger charge is 2.29. The molecule has 2 N–H and O–H groups in total. The topological polar surface area (TPSA) is 38.7 Å². The second-order valence-electron chi connectivity index (χ2n) is 6.18. The highest BCUT2D eigenvalue weighted by molar-refractivity contribution is 4.84. The van der Waals surface area contributed by atoms with Gasteiger partial charge in [0, 0.05) is 32.7 Å². The van der Waals surface area contributed by atoms with E-state index in [-0.39, 0.29) is 6.61 Å². The maximum absolute atomic E-state index is 9.07. The van der Waals surface area contributed by atoms with Crippen LogP contribution in [0.1, 0.15) is 40.0 Å². The molecule has 1 heterocycles. The summed E-state index contributed by atoms with van der Waals surface area (Å²) in [5, 5.41) is 12.6. The molecule has 120 valence electrons. The molecule has 0 aromatic carbocycles. The third-order valence-electron chi connectivity index (χ3n) is 4.91. The van der Waals surface area contributed by atoms with Crippen LogP contribution in [-0.4, -0.2) is 73.9 Å². The molecule has 0 aliphatic carbocycles. The maximum Gasteiger partial charge on any atom is 0.0558 e. The van der Waals surface area contributed by atoms with Gasteiger partial charge in [-0.3, -0.25) is 4.90 Å². The van der Waals surface area contributed by atoms with Crippen LogP contribution in [0.3, 0.4) is 0 Å². The number of rotatable bonds is 9. The van der Waals surface area contributed by atoms with Crippen molar-refractivity contribution in [3.63, 3.8) is 0 Å². The highest BCUT2D eigenvalue weighted by atomic mass is 16.3. The fourth-order valence-corrected chi connectivity index (χ4v) is 3.19. The largest absolute Gasteiger partial charge is 0.395 e. The molecule has 4 nitrogen and oxygen atoms in total. The van der Waals surface area contributed by atoms with Crippen molar-refractivity contribution in [2.45, 2.75) is 40.0 Å². The van der Waals surface area contributed by atoms with Crippen LogP contribution in [0.5, 0.6) is 0 Å². The molecule has 0 spiro atoms. The summed E-state index contributed by atoms with van der Waals surface area (Å²) < 4.78 is 0. The molecule has 0 unspecified atom stereocenters. The van der Waals surface area contributed by atoms with Gasteiger partial charge in [0.25, 0.3) is 0 Å². The SMILES string of the molecule is CCNCC(CC)(CC)CN1CCCN(CCO)CC1. The van der Waals surface area contributed by atoms with Crippen LogP contribution in [0, 0.1) is 5.41 Å². The van der Waals surface area contributed by atoms with Gasteiger partial charge in [0.15, 0.2) is 0 Å². The summed E-state index contributed by atoms with van der Waals surface area (Å²) in [5.41, 5.74) is 0.419. The van der Waals surface area contributed by atoms with Crippen molar-refractivity contribution in [3.8, 4) is 0 Å². The summed E-state index contributed by atoms with van der Waals surface area (Å²) in [4.78, 5) is 5.03. The van der Waals surface area contributed by atoms with Gasteiger partial charge in [-0.2, -0.15) is 0 Å². The first kappa shape index (κ1) is 17.9. The minimum Gasteiger partial charge on any atom is -0.395 e. The molecule has 1 aliphatic rings. The highest BCUT2D eigenvalue weighted by Crippen LogP contribution is 2.27. The molecule has 1 fully saturated rings. The van der Waals surface area contributed by atoms with Crippen molar-refractivity contribution in [2.75, 3.05) is 59.0 Å². The predicted octanol–water partition coefficient (Wildman–Crippen LogP) is 1.40. The van der Waals surface area contributed by atoms with E-state index in [1.165, 1.54) is 32.4 Å². The van der Waals surface area contributed by atoms with Crippen molar-refractivity contribution in [2.24, 2.45) is 5.41 Å². The van der Waals surface area contributed by atoms with E-state index in [0.717, 1.165) is 39.3 Å². The van der Waals surface area contributed by atoms with Crippen LogP contribution in [0.25, 0.3) is 0 Å². The zero-order chi connectivity index (χ0) is 14.8. The van der Waals surface area contributed by atoms with Gasteiger partial charge >= 0.3 is 0 Å². The van der Waals surface area contributed by atoms with Crippen molar-refractivity contribution < 1.29 is 5.11 Å². The molecule has 0 aromatic heterocycles. The first-order valence-corrected chi connectivity index (χ1v) is 8.46. The van der Waals surface area contributed by atoms with Gasteiger partial charge in [0.1, 0.15) is 0 Å². The average molecular weight is 285 g/mol. The van der Waals surface area contributed by atoms with E-state index in [2.05, 4.69) is 35.9 Å². The lowest BCUT2D eigenvalue weighted by Crippen LogP contribution is -2.44. The van der Waals surface area contributed by atoms with Crippen LogP contribution < -0.4 is 5.32 Å². The minimum atomic E-state index is 0.286. The number of nitrogens with zero attached hydrogens (tertiary/aromatic N) is 2. The zero-order valence-corrected chi connectivity index (χ0v) is 13.8. The van der Waals surface area contributed by atoms with Gasteiger partial charge in [-0.15, -0.1) is 0 Å². The van der Waals surface area contributed by atoms with Crippen molar-refractivity contribution in [1.29, 1.82) is 0 Å². The third kappa shape index (κ3) is 5.68. The van der Waals surface area contributed by atoms with Crippen molar-refractivity contribution >= 4 is 0 Å². The molecule has 20 heavy (non-hydrogen) atoms. The Labute approximate surface area is 125 Å². The molecule has 1 saturated heterocycles. The molecule has 0 atom stereocenters. The number of hydrogen-bond donors (Lipinski definition) is 2. The Morgan fingerprint density at radius 1 is 1.00 bits per heavy atom. The normalized spacial score (nSPS) is 19.2. The molecule has 0 bridgehead atoms. The van der Waals surface area contributed by atoms with Crippen molar-refractivity contribution in [3.05, 3.63) is 0 Å². The Kier molecular flexibility index (Phi) is 8.69. The Morgan fingerprint density at radius 3 is 2.25 bits per heavy atom. The van der Waals surface area contributed by atoms with E-state index in [4.69, 9.17) is 5.11 Å². The molecule has 0 saturated carbocycles. The van der Waals surface area contributed by atoms with E-state index < -0.39 is 0 Å². The lowest BCUT2D eigenvalue weighted by molar-refractivity contribution is 0.135. The summed E-state index contributed by atoms with van der Waals surface area (Å²) in [5.74, 6) is 0. The Bertz CT molecular complexity index is 244. The lowest BCUT2D eigenvalue weighted by Gasteiger charge is -2.37. The lowest BCUT2D eigenvalue weighted by atomic mass is 9.81. The Balaban J connectivity index is 2.51. The fourth-order valence-electron chi connectivity index (χ4n) is 3.19. The van der Waals surface area contributed by atoms with Gasteiger partial charge in [0.2, 0.25) is 0 Å². The van der Waals surface area contributed by atoms with Gasteiger partial charge in [-0.05, 0) is 44.3 Å². The van der Waals surface area contributed by atoms with E-state index in [1.807, 2.05) is 0 Å². The van der Waals surface area contributed by atoms with Crippen LogP contribution in [0.15, 0.2) is 0 Å². The zero-order valence-electron chi connectivity index (χ0n) is 13.8. The number of aliphatic hydroxyl groups excluding tert-OH is 1. The molecular weight excluding hydrogens is 250 g/mol. The smallest absolute Gasteiger partial charge is 0.0558 e. The molecule has 0 amide bonds. The fraction of sp³-hybridized carbons (Fsp3) is 1.00. The third-order valence-corrected chi connectivity index (χ3v) is 4.91. The number of β-amino-alcohol motifs (C(OH)–C–C–N with tert-alkyl or cyclic N) is 1. The quantitative estimate of drug-likeness (QED) is 0.672. The second kappa shape index (κ2) is 9.72. The number of nitrogens with one attached hydrogen (secondary N) is 1. The van der Waals surface area contributed by atoms with Gasteiger partial charge in [0.05, 0.1) is 6.61 Å². The first-order valence-electron chi connectivity index (χ1n) is 8.46. The van der Waals surface area contributed by atoms with Crippen LogP contribution in [0.4, 0.5) is 0 Å². The van der Waals surface area contributed by atoms with E-state index in [1.54, 1.807) is 0 Å². The minimum absolute atomic E-state index is 0.286. The summed E-state index contributed by atoms with van der Waals surface area (Å²) in [6.07, 6.45) is 3.71. The van der Waals surface area contributed by atoms with Gasteiger partial charge < -0.3 is 15.3 Å². The predicted molar refractivity (Wildman–Crippen MR) is 86.1 cm³/mol. The molecule has 1 rings (SSSR count). The van der Waals surface area contributed by atoms with Crippen LogP contribution in [0.2, 0.25) is 0 Å². The van der Waals surface area contributed by atoms with Gasteiger partial charge in [-0.1, -0.05) is 20.8 Å². The standard InChI is InChI=1S/C16H35N3O/c1-4-16(5-2,14-17-6-3)15-19-9-7-8-18(10-11-19)12-13-20/h17,20H,4-15H2,1-3H3. The molecule has 1 aliphatic heterocycles. The van der Waals surface area contributed by atoms with E-state index in [9.17, 15) is 0 Å². The molecule has 4 heteroatoms. The second-order valence-corrected chi connectivity index (χ2v) is 6.18. The van der Waals surface area contributed by atoms with Gasteiger partial charge in [-0.25, -0.2) is 0 Å². The summed E-state index contributed by atoms with van der Waals surface area (Å²) in [6, 6.07) is 0. The van der Waals surface area contributed by atoms with Crippen molar-refractivity contribution in [1.82, 2.24) is 15.1 Å². The van der Waals surface area contributed by atoms with Crippen LogP contribution in [-0.2, 0) is 0 Å². The first-order chi connectivity index (χ1) is 9.69. The molecular formula is C16H35N3O.